The highest BCUT2D eigenvalue weighted by Gasteiger charge is 2.23. The summed E-state index contributed by atoms with van der Waals surface area (Å²) in [6.45, 7) is 10.2. The molecule has 0 saturated carbocycles. The molecule has 1 rings (SSSR count). The van der Waals surface area contributed by atoms with Crippen molar-refractivity contribution in [2.75, 3.05) is 0 Å². The number of rotatable bonds is 9. The summed E-state index contributed by atoms with van der Waals surface area (Å²) in [7, 11) is 0. The van der Waals surface area contributed by atoms with Gasteiger partial charge < -0.3 is 5.32 Å². The fourth-order valence-corrected chi connectivity index (χ4v) is 2.91. The number of hydrogen-bond donors (Lipinski definition) is 1. The van der Waals surface area contributed by atoms with Crippen LogP contribution in [-0.2, 0) is 11.2 Å². The molecule has 0 fully saturated rings. The molecule has 138 valence electrons. The Labute approximate surface area is 158 Å². The first kappa shape index (κ1) is 21.5. The standard InChI is InChI=1S/C22H32ClNO/c1-6-8-10-19(9-7-2)21(17(5)24-22(25)16(3)4)15-18-11-13-20(23)14-12-18/h8-14,16-17,21H,6-7,15H2,1-5H3,(H,24,25)/b10-8-,19-9+/t17-,21?/m0/s1. The summed E-state index contributed by atoms with van der Waals surface area (Å²) in [4.78, 5) is 12.2. The third kappa shape index (κ3) is 7.48. The second-order valence-electron chi connectivity index (χ2n) is 6.81. The molecule has 0 radical (unpaired) electrons. The topological polar surface area (TPSA) is 29.1 Å². The van der Waals surface area contributed by atoms with Crippen molar-refractivity contribution in [2.45, 2.75) is 59.9 Å². The van der Waals surface area contributed by atoms with E-state index in [1.807, 2.05) is 26.0 Å². The smallest absolute Gasteiger partial charge is 0.222 e. The molecule has 1 amide bonds. The number of hydrogen-bond acceptors (Lipinski definition) is 1. The van der Waals surface area contributed by atoms with Crippen LogP contribution in [0.25, 0.3) is 0 Å². The van der Waals surface area contributed by atoms with E-state index in [2.05, 4.69) is 56.4 Å². The fourth-order valence-electron chi connectivity index (χ4n) is 2.78. The molecule has 0 aliphatic carbocycles. The number of amides is 1. The Morgan fingerprint density at radius 1 is 1.12 bits per heavy atom. The molecule has 2 nitrogen and oxygen atoms in total. The van der Waals surface area contributed by atoms with Crippen LogP contribution in [-0.4, -0.2) is 11.9 Å². The summed E-state index contributed by atoms with van der Waals surface area (Å²) in [6.07, 6.45) is 9.52. The first-order valence-electron chi connectivity index (χ1n) is 9.30. The van der Waals surface area contributed by atoms with Gasteiger partial charge in [0.15, 0.2) is 0 Å². The van der Waals surface area contributed by atoms with Crippen LogP contribution in [0.15, 0.2) is 48.1 Å². The number of allylic oxidation sites excluding steroid dienone is 3. The molecule has 1 unspecified atom stereocenters. The van der Waals surface area contributed by atoms with Gasteiger partial charge in [0, 0.05) is 22.9 Å². The van der Waals surface area contributed by atoms with Crippen LogP contribution in [0.3, 0.4) is 0 Å². The lowest BCUT2D eigenvalue weighted by molar-refractivity contribution is -0.124. The first-order valence-corrected chi connectivity index (χ1v) is 9.68. The van der Waals surface area contributed by atoms with E-state index in [9.17, 15) is 4.79 Å². The normalized spacial score (nSPS) is 14.8. The minimum Gasteiger partial charge on any atom is -0.353 e. The zero-order valence-corrected chi connectivity index (χ0v) is 16.9. The lowest BCUT2D eigenvalue weighted by Gasteiger charge is -2.27. The summed E-state index contributed by atoms with van der Waals surface area (Å²) in [5, 5.41) is 3.93. The Morgan fingerprint density at radius 3 is 2.28 bits per heavy atom. The molecule has 0 heterocycles. The Morgan fingerprint density at radius 2 is 1.76 bits per heavy atom. The molecule has 25 heavy (non-hydrogen) atoms. The lowest BCUT2D eigenvalue weighted by Crippen LogP contribution is -2.41. The summed E-state index contributed by atoms with van der Waals surface area (Å²) in [5.74, 6) is 0.318. The number of halogens is 1. The zero-order chi connectivity index (χ0) is 18.8. The summed E-state index contributed by atoms with van der Waals surface area (Å²) in [5.41, 5.74) is 2.52. The van der Waals surface area contributed by atoms with E-state index in [0.717, 1.165) is 24.3 Å². The monoisotopic (exact) mass is 361 g/mol. The molecule has 3 heteroatoms. The van der Waals surface area contributed by atoms with Crippen molar-refractivity contribution in [2.24, 2.45) is 11.8 Å². The van der Waals surface area contributed by atoms with Gasteiger partial charge in [-0.15, -0.1) is 0 Å². The maximum atomic E-state index is 12.2. The van der Waals surface area contributed by atoms with E-state index in [4.69, 9.17) is 11.6 Å². The van der Waals surface area contributed by atoms with Gasteiger partial charge in [0.25, 0.3) is 0 Å². The molecule has 0 aliphatic heterocycles. The van der Waals surface area contributed by atoms with Gasteiger partial charge in [0.05, 0.1) is 0 Å². The molecule has 1 N–H and O–H groups in total. The van der Waals surface area contributed by atoms with E-state index in [1.54, 1.807) is 0 Å². The first-order chi connectivity index (χ1) is 11.9. The number of carbonyl (C=O) groups is 1. The van der Waals surface area contributed by atoms with Crippen molar-refractivity contribution in [3.8, 4) is 0 Å². The van der Waals surface area contributed by atoms with Crippen molar-refractivity contribution < 1.29 is 4.79 Å². The predicted molar refractivity (Wildman–Crippen MR) is 109 cm³/mol. The summed E-state index contributed by atoms with van der Waals surface area (Å²) >= 11 is 6.02. The molecule has 0 bridgehead atoms. The maximum absolute atomic E-state index is 12.2. The molecule has 2 atom stereocenters. The van der Waals surface area contributed by atoms with Crippen LogP contribution in [0.5, 0.6) is 0 Å². The van der Waals surface area contributed by atoms with E-state index in [-0.39, 0.29) is 23.8 Å². The molecule has 1 aromatic carbocycles. The third-order valence-corrected chi connectivity index (χ3v) is 4.53. The zero-order valence-electron chi connectivity index (χ0n) is 16.2. The van der Waals surface area contributed by atoms with Gasteiger partial charge >= 0.3 is 0 Å². The second-order valence-corrected chi connectivity index (χ2v) is 7.25. The molecule has 0 aromatic heterocycles. The predicted octanol–water partition coefficient (Wildman–Crippen LogP) is 5.96. The molecule has 0 saturated heterocycles. The van der Waals surface area contributed by atoms with Crippen molar-refractivity contribution in [3.05, 3.63) is 58.7 Å². The van der Waals surface area contributed by atoms with Crippen LogP contribution in [0.4, 0.5) is 0 Å². The van der Waals surface area contributed by atoms with Crippen LogP contribution in [0.2, 0.25) is 5.02 Å². The van der Waals surface area contributed by atoms with Gasteiger partial charge in [-0.1, -0.05) is 69.7 Å². The van der Waals surface area contributed by atoms with Crippen LogP contribution >= 0.6 is 11.6 Å². The highest BCUT2D eigenvalue weighted by Crippen LogP contribution is 2.24. The average Bonchev–Trinajstić information content (AvgIpc) is 2.58. The number of carbonyl (C=O) groups excluding carboxylic acids is 1. The van der Waals surface area contributed by atoms with E-state index >= 15 is 0 Å². The highest BCUT2D eigenvalue weighted by molar-refractivity contribution is 6.30. The minimum atomic E-state index is -0.0107. The third-order valence-electron chi connectivity index (χ3n) is 4.28. The van der Waals surface area contributed by atoms with E-state index in [1.165, 1.54) is 11.1 Å². The van der Waals surface area contributed by atoms with Gasteiger partial charge in [0.2, 0.25) is 5.91 Å². The fraction of sp³-hybridized carbons (Fsp3) is 0.500. The number of benzene rings is 1. The van der Waals surface area contributed by atoms with E-state index < -0.39 is 0 Å². The Bertz CT molecular complexity index is 587. The second kappa shape index (κ2) is 11.1. The van der Waals surface area contributed by atoms with Crippen molar-refractivity contribution in [3.63, 3.8) is 0 Å². The molecular formula is C22H32ClNO. The maximum Gasteiger partial charge on any atom is 0.222 e. The van der Waals surface area contributed by atoms with Crippen molar-refractivity contribution in [1.29, 1.82) is 0 Å². The van der Waals surface area contributed by atoms with Gasteiger partial charge in [0.1, 0.15) is 0 Å². The largest absolute Gasteiger partial charge is 0.353 e. The molecule has 0 aliphatic rings. The summed E-state index contributed by atoms with van der Waals surface area (Å²) < 4.78 is 0. The molecule has 1 aromatic rings. The van der Waals surface area contributed by atoms with Gasteiger partial charge in [-0.05, 0) is 49.5 Å². The Hall–Kier alpha value is -1.54. The van der Waals surface area contributed by atoms with Gasteiger partial charge in [-0.25, -0.2) is 0 Å². The molecular weight excluding hydrogens is 330 g/mol. The number of nitrogens with one attached hydrogen (secondary N) is 1. The lowest BCUT2D eigenvalue weighted by atomic mass is 9.85. The Kier molecular flexibility index (Phi) is 9.59. The summed E-state index contributed by atoms with van der Waals surface area (Å²) in [6, 6.07) is 8.05. The average molecular weight is 362 g/mol. The highest BCUT2D eigenvalue weighted by atomic mass is 35.5. The van der Waals surface area contributed by atoms with Gasteiger partial charge in [-0.2, -0.15) is 0 Å². The Balaban J connectivity index is 3.10. The van der Waals surface area contributed by atoms with Crippen LogP contribution in [0, 0.1) is 11.8 Å². The van der Waals surface area contributed by atoms with Crippen LogP contribution in [0.1, 0.15) is 53.0 Å². The van der Waals surface area contributed by atoms with Crippen LogP contribution < -0.4 is 5.32 Å². The van der Waals surface area contributed by atoms with Crippen molar-refractivity contribution >= 4 is 17.5 Å². The van der Waals surface area contributed by atoms with Crippen molar-refractivity contribution in [1.82, 2.24) is 5.32 Å². The SMILES string of the molecule is CC/C=C\C(=C/CC)C(Cc1ccc(Cl)cc1)[C@H](C)NC(=O)C(C)C. The van der Waals surface area contributed by atoms with Gasteiger partial charge in [-0.3, -0.25) is 4.79 Å². The minimum absolute atomic E-state index is 0.0107. The molecule has 0 spiro atoms. The van der Waals surface area contributed by atoms with E-state index in [0.29, 0.717) is 0 Å². The quantitative estimate of drug-likeness (QED) is 0.540.